The van der Waals surface area contributed by atoms with E-state index >= 15 is 0 Å². The van der Waals surface area contributed by atoms with Gasteiger partial charge in [0.1, 0.15) is 5.60 Å². The zero-order chi connectivity index (χ0) is 9.99. The molecule has 0 heterocycles. The topological polar surface area (TPSA) is 78.8 Å². The van der Waals surface area contributed by atoms with Crippen molar-refractivity contribution in [2.45, 2.75) is 26.4 Å². The summed E-state index contributed by atoms with van der Waals surface area (Å²) in [5, 5.41) is 0. The third-order valence-electron chi connectivity index (χ3n) is 0.612. The Morgan fingerprint density at radius 3 is 2.17 bits per heavy atom. The third-order valence-corrected chi connectivity index (χ3v) is 1.27. The predicted molar refractivity (Wildman–Crippen MR) is 48.1 cm³/mol. The van der Waals surface area contributed by atoms with E-state index < -0.39 is 21.7 Å². The van der Waals surface area contributed by atoms with Gasteiger partial charge in [0.25, 0.3) is 0 Å². The summed E-state index contributed by atoms with van der Waals surface area (Å²) in [4.78, 5) is 10.8. The zero-order valence-corrected chi connectivity index (χ0v) is 8.57. The molecule has 0 fully saturated rings. The molecule has 1 amide bonds. The highest BCUT2D eigenvalue weighted by Crippen LogP contribution is 2.39. The SMILES string of the molecule is CC(C)(C)OC(=O)NS(O)(O)Cl. The van der Waals surface area contributed by atoms with Crippen LogP contribution in [0.25, 0.3) is 0 Å². The van der Waals surface area contributed by atoms with E-state index in [1.165, 1.54) is 0 Å². The van der Waals surface area contributed by atoms with Gasteiger partial charge in [-0.3, -0.25) is 9.11 Å². The van der Waals surface area contributed by atoms with E-state index in [1.54, 1.807) is 25.5 Å². The maximum absolute atomic E-state index is 10.8. The van der Waals surface area contributed by atoms with Crippen molar-refractivity contribution in [3.05, 3.63) is 0 Å². The largest absolute Gasteiger partial charge is 0.443 e. The van der Waals surface area contributed by atoms with Gasteiger partial charge in [0, 0.05) is 10.7 Å². The number of amides is 1. The molecule has 0 aliphatic rings. The average molecular weight is 218 g/mol. The fourth-order valence-electron chi connectivity index (χ4n) is 0.405. The molecule has 0 saturated heterocycles. The molecule has 12 heavy (non-hydrogen) atoms. The second-order valence-corrected chi connectivity index (χ2v) is 5.54. The van der Waals surface area contributed by atoms with Crippen LogP contribution in [0.15, 0.2) is 0 Å². The summed E-state index contributed by atoms with van der Waals surface area (Å²) in [6.07, 6.45) is -0.961. The molecule has 0 unspecified atom stereocenters. The average Bonchev–Trinajstić information content (AvgIpc) is 1.49. The van der Waals surface area contributed by atoms with Gasteiger partial charge in [-0.05, 0) is 30.8 Å². The van der Waals surface area contributed by atoms with Crippen molar-refractivity contribution < 1.29 is 18.6 Å². The van der Waals surface area contributed by atoms with Crippen LogP contribution >= 0.6 is 20.7 Å². The molecule has 0 rings (SSSR count). The van der Waals surface area contributed by atoms with Crippen LogP contribution in [0.3, 0.4) is 0 Å². The lowest BCUT2D eigenvalue weighted by Crippen LogP contribution is -2.32. The van der Waals surface area contributed by atoms with E-state index in [1.807, 2.05) is 0 Å². The Hall–Kier alpha value is -0.170. The highest BCUT2D eigenvalue weighted by Gasteiger charge is 2.19. The third kappa shape index (κ3) is 7.93. The minimum atomic E-state index is -3.55. The minimum Gasteiger partial charge on any atom is -0.443 e. The van der Waals surface area contributed by atoms with Crippen LogP contribution in [0.4, 0.5) is 4.79 Å². The molecule has 0 aliphatic carbocycles. The summed E-state index contributed by atoms with van der Waals surface area (Å²) in [7, 11) is 1.39. The van der Waals surface area contributed by atoms with E-state index in [-0.39, 0.29) is 0 Å². The maximum Gasteiger partial charge on any atom is 0.427 e. The number of carbonyl (C=O) groups is 1. The van der Waals surface area contributed by atoms with Crippen LogP contribution in [0.1, 0.15) is 20.8 Å². The smallest absolute Gasteiger partial charge is 0.427 e. The first-order chi connectivity index (χ1) is 5.10. The van der Waals surface area contributed by atoms with Crippen LogP contribution in [0.5, 0.6) is 0 Å². The van der Waals surface area contributed by atoms with Crippen molar-refractivity contribution in [1.29, 1.82) is 0 Å². The first-order valence-electron chi connectivity index (χ1n) is 3.09. The summed E-state index contributed by atoms with van der Waals surface area (Å²) in [6, 6.07) is 0. The normalized spacial score (nSPS) is 13.8. The summed E-state index contributed by atoms with van der Waals surface area (Å²) < 4.78 is 23.5. The van der Waals surface area contributed by atoms with Gasteiger partial charge in [-0.1, -0.05) is 0 Å². The summed E-state index contributed by atoms with van der Waals surface area (Å²) in [6.45, 7) is 4.94. The van der Waals surface area contributed by atoms with Crippen LogP contribution in [-0.2, 0) is 4.74 Å². The van der Waals surface area contributed by atoms with Crippen molar-refractivity contribution >= 4 is 26.8 Å². The Bertz CT molecular complexity index is 155. The Labute approximate surface area is 77.0 Å². The fourth-order valence-corrected chi connectivity index (χ4v) is 0.848. The Balaban J connectivity index is 3.92. The van der Waals surface area contributed by atoms with Crippen LogP contribution in [0.2, 0.25) is 0 Å². The molecule has 0 aliphatic heterocycles. The highest BCUT2D eigenvalue weighted by molar-refractivity contribution is 8.41. The van der Waals surface area contributed by atoms with Crippen molar-refractivity contribution in [1.82, 2.24) is 4.72 Å². The first-order valence-corrected chi connectivity index (χ1v) is 5.46. The van der Waals surface area contributed by atoms with E-state index in [4.69, 9.17) is 19.8 Å². The number of rotatable bonds is 1. The summed E-state index contributed by atoms with van der Waals surface area (Å²) >= 11 is 0. The number of nitrogens with one attached hydrogen (secondary N) is 1. The van der Waals surface area contributed by atoms with Crippen LogP contribution in [-0.4, -0.2) is 20.8 Å². The van der Waals surface area contributed by atoms with Gasteiger partial charge in [0.2, 0.25) is 0 Å². The van der Waals surface area contributed by atoms with E-state index in [0.29, 0.717) is 0 Å². The summed E-state index contributed by atoms with van der Waals surface area (Å²) in [5.41, 5.74) is -0.689. The second kappa shape index (κ2) is 3.69. The van der Waals surface area contributed by atoms with Crippen LogP contribution in [0, 0.1) is 0 Å². The second-order valence-electron chi connectivity index (χ2n) is 3.08. The van der Waals surface area contributed by atoms with Gasteiger partial charge < -0.3 is 4.74 Å². The quantitative estimate of drug-likeness (QED) is 0.630. The predicted octanol–water partition coefficient (Wildman–Crippen LogP) is 2.33. The Morgan fingerprint density at radius 2 is 1.92 bits per heavy atom. The number of hydrogen-bond acceptors (Lipinski definition) is 4. The number of ether oxygens (including phenoxy) is 1. The molecule has 3 N–H and O–H groups in total. The van der Waals surface area contributed by atoms with Gasteiger partial charge in [0.15, 0.2) is 0 Å². The summed E-state index contributed by atoms with van der Waals surface area (Å²) in [5.74, 6) is 0. The number of carbonyl (C=O) groups excluding carboxylic acids is 1. The van der Waals surface area contributed by atoms with Gasteiger partial charge in [-0.15, -0.1) is 0 Å². The first kappa shape index (κ1) is 11.8. The molecule has 0 radical (unpaired) electrons. The maximum atomic E-state index is 10.8. The van der Waals surface area contributed by atoms with E-state index in [0.717, 1.165) is 0 Å². The molecule has 5 nitrogen and oxygen atoms in total. The highest BCUT2D eigenvalue weighted by atomic mass is 35.7. The molecule has 0 aromatic carbocycles. The minimum absolute atomic E-state index is 0.689. The molecule has 7 heteroatoms. The van der Waals surface area contributed by atoms with Crippen molar-refractivity contribution in [3.63, 3.8) is 0 Å². The van der Waals surface area contributed by atoms with Crippen LogP contribution < -0.4 is 4.72 Å². The standard InChI is InChI=1S/C5H12ClNO4S/c1-5(2,3)11-4(8)7-12(6,9)10/h9-10H,1-3H3,(H,7,8). The lowest BCUT2D eigenvalue weighted by Gasteiger charge is -2.26. The molecule has 74 valence electrons. The Morgan fingerprint density at radius 1 is 1.50 bits per heavy atom. The Kier molecular flexibility index (Phi) is 3.64. The zero-order valence-electron chi connectivity index (χ0n) is 7.00. The van der Waals surface area contributed by atoms with Crippen molar-refractivity contribution in [3.8, 4) is 0 Å². The molecule has 0 spiro atoms. The van der Waals surface area contributed by atoms with Gasteiger partial charge in [0.05, 0.1) is 0 Å². The number of hydrogen-bond donors (Lipinski definition) is 3. The molecular weight excluding hydrogens is 206 g/mol. The molecule has 0 saturated carbocycles. The molecule has 0 bridgehead atoms. The van der Waals surface area contributed by atoms with Gasteiger partial charge in [-0.25, -0.2) is 9.52 Å². The van der Waals surface area contributed by atoms with Crippen molar-refractivity contribution in [2.24, 2.45) is 0 Å². The molecule has 0 atom stereocenters. The fraction of sp³-hybridized carbons (Fsp3) is 0.800. The van der Waals surface area contributed by atoms with E-state index in [9.17, 15) is 4.79 Å². The van der Waals surface area contributed by atoms with E-state index in [2.05, 4.69) is 4.74 Å². The molecule has 0 aromatic rings. The molecular formula is C5H12ClNO4S. The number of halogens is 1. The van der Waals surface area contributed by atoms with Gasteiger partial charge >= 0.3 is 6.09 Å². The van der Waals surface area contributed by atoms with Crippen molar-refractivity contribution in [2.75, 3.05) is 0 Å². The molecule has 0 aromatic heterocycles. The lowest BCUT2D eigenvalue weighted by atomic mass is 10.2. The van der Waals surface area contributed by atoms with Gasteiger partial charge in [-0.2, -0.15) is 0 Å². The lowest BCUT2D eigenvalue weighted by molar-refractivity contribution is 0.0567. The monoisotopic (exact) mass is 217 g/mol.